The largest absolute Gasteiger partial charge is 0.399 e. The van der Waals surface area contributed by atoms with Crippen LogP contribution in [0.3, 0.4) is 0 Å². The van der Waals surface area contributed by atoms with Crippen molar-refractivity contribution in [3.63, 3.8) is 0 Å². The molecule has 0 spiro atoms. The van der Waals surface area contributed by atoms with Gasteiger partial charge in [-0.3, -0.25) is 9.59 Å². The first-order valence-corrected chi connectivity index (χ1v) is 9.10. The Morgan fingerprint density at radius 2 is 1.65 bits per heavy atom. The van der Waals surface area contributed by atoms with Crippen molar-refractivity contribution in [2.75, 3.05) is 18.8 Å². The van der Waals surface area contributed by atoms with E-state index >= 15 is 0 Å². The van der Waals surface area contributed by atoms with Gasteiger partial charge in [-0.1, -0.05) is 36.4 Å². The second-order valence-corrected chi connectivity index (χ2v) is 6.69. The Morgan fingerprint density at radius 3 is 2.35 bits per heavy atom. The van der Waals surface area contributed by atoms with Crippen molar-refractivity contribution in [2.45, 2.75) is 31.7 Å². The van der Waals surface area contributed by atoms with E-state index < -0.39 is 0 Å². The monoisotopic (exact) mass is 351 g/mol. The predicted molar refractivity (Wildman–Crippen MR) is 103 cm³/mol. The number of nitrogens with one attached hydrogen (secondary N) is 1. The summed E-state index contributed by atoms with van der Waals surface area (Å²) in [6.07, 6.45) is 2.71. The highest BCUT2D eigenvalue weighted by molar-refractivity contribution is 5.94. The lowest BCUT2D eigenvalue weighted by Gasteiger charge is -2.32. The van der Waals surface area contributed by atoms with Gasteiger partial charge in [0, 0.05) is 36.8 Å². The smallest absolute Gasteiger partial charge is 0.251 e. The van der Waals surface area contributed by atoms with E-state index in [1.807, 2.05) is 59.5 Å². The van der Waals surface area contributed by atoms with Gasteiger partial charge in [-0.2, -0.15) is 0 Å². The van der Waals surface area contributed by atoms with Gasteiger partial charge < -0.3 is 16.0 Å². The van der Waals surface area contributed by atoms with Crippen molar-refractivity contribution < 1.29 is 9.59 Å². The van der Waals surface area contributed by atoms with Crippen LogP contribution in [0.15, 0.2) is 54.6 Å². The number of likely N-dealkylation sites (tertiary alicyclic amines) is 1. The van der Waals surface area contributed by atoms with Crippen molar-refractivity contribution >= 4 is 17.5 Å². The topological polar surface area (TPSA) is 75.4 Å². The van der Waals surface area contributed by atoms with E-state index in [-0.39, 0.29) is 17.9 Å². The van der Waals surface area contributed by atoms with Gasteiger partial charge in [-0.15, -0.1) is 0 Å². The molecule has 0 aromatic heterocycles. The Balaban J connectivity index is 1.44. The number of amides is 2. The number of hydrogen-bond acceptors (Lipinski definition) is 3. The fraction of sp³-hybridized carbons (Fsp3) is 0.333. The Hall–Kier alpha value is -2.82. The second kappa shape index (κ2) is 8.52. The molecule has 1 heterocycles. The molecule has 1 saturated heterocycles. The van der Waals surface area contributed by atoms with Gasteiger partial charge >= 0.3 is 0 Å². The van der Waals surface area contributed by atoms with Crippen molar-refractivity contribution in [2.24, 2.45) is 0 Å². The number of hydrogen-bond donors (Lipinski definition) is 2. The Bertz CT molecular complexity index is 753. The first kappa shape index (κ1) is 18.0. The number of nitrogen functional groups attached to an aromatic ring is 1. The van der Waals surface area contributed by atoms with Gasteiger partial charge in [0.25, 0.3) is 5.91 Å². The number of aryl methyl sites for hydroxylation is 1. The number of piperidine rings is 1. The van der Waals surface area contributed by atoms with E-state index in [9.17, 15) is 9.59 Å². The minimum absolute atomic E-state index is 0.0464. The minimum Gasteiger partial charge on any atom is -0.399 e. The highest BCUT2D eigenvalue weighted by atomic mass is 16.2. The van der Waals surface area contributed by atoms with Crippen LogP contribution in [0, 0.1) is 0 Å². The van der Waals surface area contributed by atoms with E-state index in [2.05, 4.69) is 5.32 Å². The number of carbonyl (C=O) groups excluding carboxylic acids is 2. The Morgan fingerprint density at radius 1 is 1.00 bits per heavy atom. The maximum Gasteiger partial charge on any atom is 0.251 e. The van der Waals surface area contributed by atoms with Crippen LogP contribution in [0.4, 0.5) is 5.69 Å². The highest BCUT2D eigenvalue weighted by Crippen LogP contribution is 2.16. The maximum atomic E-state index is 12.4. The maximum absolute atomic E-state index is 12.4. The number of nitrogens with zero attached hydrogens (tertiary/aromatic N) is 1. The Kier molecular flexibility index (Phi) is 5.89. The average Bonchev–Trinajstić information content (AvgIpc) is 2.68. The van der Waals surface area contributed by atoms with Crippen LogP contribution < -0.4 is 11.1 Å². The molecule has 0 aliphatic carbocycles. The fourth-order valence-electron chi connectivity index (χ4n) is 3.29. The number of para-hydroxylation sites is 1. The van der Waals surface area contributed by atoms with Crippen molar-refractivity contribution in [1.82, 2.24) is 10.2 Å². The number of nitrogens with two attached hydrogens (primary N) is 1. The summed E-state index contributed by atoms with van der Waals surface area (Å²) in [7, 11) is 0. The average molecular weight is 351 g/mol. The SMILES string of the molecule is Nc1ccccc1CCC(=O)N1CCC(NC(=O)c2ccccc2)CC1. The zero-order chi connectivity index (χ0) is 18.4. The van der Waals surface area contributed by atoms with Gasteiger partial charge in [0.2, 0.25) is 5.91 Å². The first-order valence-electron chi connectivity index (χ1n) is 9.10. The van der Waals surface area contributed by atoms with Crippen LogP contribution in [0.25, 0.3) is 0 Å². The molecular formula is C21H25N3O2. The summed E-state index contributed by atoms with van der Waals surface area (Å²) < 4.78 is 0. The summed E-state index contributed by atoms with van der Waals surface area (Å²) >= 11 is 0. The summed E-state index contributed by atoms with van der Waals surface area (Å²) in [6, 6.07) is 17.0. The molecule has 1 aliphatic heterocycles. The molecule has 0 unspecified atom stereocenters. The van der Waals surface area contributed by atoms with Gasteiger partial charge in [0.1, 0.15) is 0 Å². The number of anilines is 1. The molecule has 2 aromatic carbocycles. The third kappa shape index (κ3) is 4.63. The number of rotatable bonds is 5. The van der Waals surface area contributed by atoms with Crippen molar-refractivity contribution in [3.05, 3.63) is 65.7 Å². The third-order valence-corrected chi connectivity index (χ3v) is 4.88. The lowest BCUT2D eigenvalue weighted by molar-refractivity contribution is -0.132. The van der Waals surface area contributed by atoms with Crippen LogP contribution in [0.1, 0.15) is 35.2 Å². The molecule has 0 atom stereocenters. The van der Waals surface area contributed by atoms with E-state index in [1.54, 1.807) is 0 Å². The molecule has 5 heteroatoms. The molecule has 0 saturated carbocycles. The quantitative estimate of drug-likeness (QED) is 0.813. The van der Waals surface area contributed by atoms with E-state index in [0.717, 1.165) is 24.1 Å². The zero-order valence-electron chi connectivity index (χ0n) is 14.9. The van der Waals surface area contributed by atoms with Gasteiger partial charge in [0.15, 0.2) is 0 Å². The van der Waals surface area contributed by atoms with Crippen LogP contribution in [0.5, 0.6) is 0 Å². The molecule has 2 amide bonds. The zero-order valence-corrected chi connectivity index (χ0v) is 14.9. The van der Waals surface area contributed by atoms with Gasteiger partial charge in [-0.05, 0) is 43.0 Å². The molecule has 3 rings (SSSR count). The fourth-order valence-corrected chi connectivity index (χ4v) is 3.29. The van der Waals surface area contributed by atoms with Crippen molar-refractivity contribution in [1.29, 1.82) is 0 Å². The van der Waals surface area contributed by atoms with E-state index in [0.29, 0.717) is 31.5 Å². The number of carbonyl (C=O) groups is 2. The van der Waals surface area contributed by atoms with Crippen molar-refractivity contribution in [3.8, 4) is 0 Å². The lowest BCUT2D eigenvalue weighted by atomic mass is 10.0. The molecule has 26 heavy (non-hydrogen) atoms. The first-order chi connectivity index (χ1) is 12.6. The number of benzene rings is 2. The molecule has 0 radical (unpaired) electrons. The summed E-state index contributed by atoms with van der Waals surface area (Å²) in [5, 5.41) is 3.07. The normalized spacial score (nSPS) is 14.8. The highest BCUT2D eigenvalue weighted by Gasteiger charge is 2.24. The molecule has 136 valence electrons. The third-order valence-electron chi connectivity index (χ3n) is 4.88. The predicted octanol–water partition coefficient (Wildman–Crippen LogP) is 2.62. The summed E-state index contributed by atoms with van der Waals surface area (Å²) in [4.78, 5) is 26.5. The van der Waals surface area contributed by atoms with E-state index in [1.165, 1.54) is 0 Å². The standard InChI is InChI=1S/C21H25N3O2/c22-19-9-5-4-6-16(19)10-11-20(25)24-14-12-18(13-15-24)23-21(26)17-7-2-1-3-8-17/h1-9,18H,10-15,22H2,(H,23,26). The molecular weight excluding hydrogens is 326 g/mol. The van der Waals surface area contributed by atoms with Crippen LogP contribution in [-0.4, -0.2) is 35.8 Å². The van der Waals surface area contributed by atoms with Crippen LogP contribution in [-0.2, 0) is 11.2 Å². The minimum atomic E-state index is -0.0464. The molecule has 0 bridgehead atoms. The van der Waals surface area contributed by atoms with Gasteiger partial charge in [-0.25, -0.2) is 0 Å². The summed E-state index contributed by atoms with van der Waals surface area (Å²) in [5.41, 5.74) is 8.36. The molecule has 1 fully saturated rings. The second-order valence-electron chi connectivity index (χ2n) is 6.69. The van der Waals surface area contributed by atoms with Crippen LogP contribution in [0.2, 0.25) is 0 Å². The van der Waals surface area contributed by atoms with Gasteiger partial charge in [0.05, 0.1) is 0 Å². The molecule has 5 nitrogen and oxygen atoms in total. The lowest BCUT2D eigenvalue weighted by Crippen LogP contribution is -2.46. The molecule has 3 N–H and O–H groups in total. The van der Waals surface area contributed by atoms with Crippen LogP contribution >= 0.6 is 0 Å². The molecule has 1 aliphatic rings. The van der Waals surface area contributed by atoms with E-state index in [4.69, 9.17) is 5.73 Å². The molecule has 2 aromatic rings. The summed E-state index contributed by atoms with van der Waals surface area (Å²) in [5.74, 6) is 0.107. The summed E-state index contributed by atoms with van der Waals surface area (Å²) in [6.45, 7) is 1.37. The Labute approximate surface area is 154 Å².